The molecule has 1 aromatic carbocycles. The predicted octanol–water partition coefficient (Wildman–Crippen LogP) is 3.03. The van der Waals surface area contributed by atoms with Gasteiger partial charge in [0.2, 0.25) is 0 Å². The zero-order valence-electron chi connectivity index (χ0n) is 16.9. The summed E-state index contributed by atoms with van der Waals surface area (Å²) in [6.45, 7) is 4.06. The molecule has 29 heavy (non-hydrogen) atoms. The van der Waals surface area contributed by atoms with Crippen molar-refractivity contribution in [2.45, 2.75) is 25.6 Å². The van der Waals surface area contributed by atoms with E-state index >= 15 is 0 Å². The lowest BCUT2D eigenvalue weighted by atomic mass is 10.1. The van der Waals surface area contributed by atoms with Crippen LogP contribution in [0.25, 0.3) is 15.9 Å². The average Bonchev–Trinajstić information content (AvgIpc) is 3.33. The maximum atomic E-state index is 10.8. The first-order valence-corrected chi connectivity index (χ1v) is 10.8. The van der Waals surface area contributed by atoms with E-state index in [0.29, 0.717) is 6.04 Å². The Kier molecular flexibility index (Phi) is 4.53. The van der Waals surface area contributed by atoms with E-state index in [9.17, 15) is 5.11 Å². The van der Waals surface area contributed by atoms with Crippen LogP contribution >= 0.6 is 11.3 Å². The molecule has 2 atom stereocenters. The summed E-state index contributed by atoms with van der Waals surface area (Å²) in [5, 5.41) is 11.9. The first kappa shape index (κ1) is 18.5. The Labute approximate surface area is 174 Å². The van der Waals surface area contributed by atoms with E-state index in [-0.39, 0.29) is 0 Å². The third-order valence-corrected chi connectivity index (χ3v) is 6.75. The fraction of sp³-hybridized carbons (Fsp3) is 0.364. The van der Waals surface area contributed by atoms with Gasteiger partial charge in [0.15, 0.2) is 6.23 Å². The quantitative estimate of drug-likeness (QED) is 0.848. The largest absolute Gasteiger partial charge is 0.369 e. The number of aromatic nitrogens is 1. The SMILES string of the molecule is Cc1nc2ccc(C3=CC(O)N4C=C(N5CCC(N(C)C)C5)C=CC4=N3)cc2s1. The van der Waals surface area contributed by atoms with Gasteiger partial charge in [0, 0.05) is 30.9 Å². The van der Waals surface area contributed by atoms with Crippen molar-refractivity contribution in [1.82, 2.24) is 19.7 Å². The van der Waals surface area contributed by atoms with Crippen molar-refractivity contribution in [1.29, 1.82) is 0 Å². The van der Waals surface area contributed by atoms with Crippen LogP contribution in [-0.2, 0) is 0 Å². The Hall–Kier alpha value is -2.48. The minimum absolute atomic E-state index is 0.572. The monoisotopic (exact) mass is 407 g/mol. The summed E-state index contributed by atoms with van der Waals surface area (Å²) in [4.78, 5) is 15.8. The second kappa shape index (κ2) is 7.09. The van der Waals surface area contributed by atoms with Gasteiger partial charge in [-0.05, 0) is 57.8 Å². The number of aliphatic imine (C=N–C) groups is 1. The number of aliphatic hydroxyl groups excluding tert-OH is 1. The summed E-state index contributed by atoms with van der Waals surface area (Å²) in [5.41, 5.74) is 3.94. The lowest BCUT2D eigenvalue weighted by molar-refractivity contribution is 0.125. The summed E-state index contributed by atoms with van der Waals surface area (Å²) in [6.07, 6.45) is 8.38. The van der Waals surface area contributed by atoms with Gasteiger partial charge in [0.25, 0.3) is 0 Å². The van der Waals surface area contributed by atoms with Crippen molar-refractivity contribution < 1.29 is 5.11 Å². The van der Waals surface area contributed by atoms with Crippen LogP contribution in [0.4, 0.5) is 0 Å². The third-order valence-electron chi connectivity index (χ3n) is 5.82. The molecule has 0 radical (unpaired) electrons. The van der Waals surface area contributed by atoms with Crippen molar-refractivity contribution >= 4 is 33.1 Å². The Balaban J connectivity index is 1.39. The molecule has 2 aromatic rings. The number of allylic oxidation sites excluding steroid dienone is 1. The van der Waals surface area contributed by atoms with Crippen LogP contribution < -0.4 is 0 Å². The van der Waals surface area contributed by atoms with Crippen LogP contribution in [0.5, 0.6) is 0 Å². The molecule has 3 aliphatic heterocycles. The number of hydrogen-bond donors (Lipinski definition) is 1. The molecule has 1 fully saturated rings. The van der Waals surface area contributed by atoms with Crippen LogP contribution in [0.2, 0.25) is 0 Å². The lowest BCUT2D eigenvalue weighted by Gasteiger charge is -2.33. The van der Waals surface area contributed by atoms with Crippen LogP contribution in [0.1, 0.15) is 17.0 Å². The van der Waals surface area contributed by atoms with Crippen LogP contribution in [0, 0.1) is 6.92 Å². The van der Waals surface area contributed by atoms with Gasteiger partial charge in [0.05, 0.1) is 26.6 Å². The summed E-state index contributed by atoms with van der Waals surface area (Å²) >= 11 is 1.68. The molecule has 0 saturated carbocycles. The van der Waals surface area contributed by atoms with Gasteiger partial charge in [0.1, 0.15) is 5.84 Å². The van der Waals surface area contributed by atoms with Gasteiger partial charge < -0.3 is 19.8 Å². The molecular formula is C22H25N5OS. The summed E-state index contributed by atoms with van der Waals surface area (Å²) in [7, 11) is 4.27. The van der Waals surface area contributed by atoms with Gasteiger partial charge in [-0.3, -0.25) is 0 Å². The summed E-state index contributed by atoms with van der Waals surface area (Å²) in [6, 6.07) is 6.73. The molecular weight excluding hydrogens is 382 g/mol. The summed E-state index contributed by atoms with van der Waals surface area (Å²) < 4.78 is 1.14. The lowest BCUT2D eigenvalue weighted by Crippen LogP contribution is -2.39. The highest BCUT2D eigenvalue weighted by atomic mass is 32.1. The Morgan fingerprint density at radius 1 is 1.24 bits per heavy atom. The first-order valence-electron chi connectivity index (χ1n) is 9.94. The number of thiazole rings is 1. The molecule has 0 bridgehead atoms. The van der Waals surface area contributed by atoms with Crippen LogP contribution in [0.15, 0.2) is 53.3 Å². The van der Waals surface area contributed by atoms with E-state index in [4.69, 9.17) is 4.99 Å². The molecule has 1 aromatic heterocycles. The van der Waals surface area contributed by atoms with Crippen molar-refractivity contribution in [2.24, 2.45) is 4.99 Å². The highest BCUT2D eigenvalue weighted by Crippen LogP contribution is 2.31. The molecule has 3 aliphatic rings. The highest BCUT2D eigenvalue weighted by molar-refractivity contribution is 7.18. The minimum Gasteiger partial charge on any atom is -0.369 e. The van der Waals surface area contributed by atoms with E-state index in [1.54, 1.807) is 11.3 Å². The molecule has 0 amide bonds. The number of rotatable bonds is 3. The fourth-order valence-corrected chi connectivity index (χ4v) is 5.00. The molecule has 150 valence electrons. The van der Waals surface area contributed by atoms with Gasteiger partial charge >= 0.3 is 0 Å². The molecule has 4 heterocycles. The van der Waals surface area contributed by atoms with Gasteiger partial charge in [-0.15, -0.1) is 11.3 Å². The number of amidine groups is 1. The third kappa shape index (κ3) is 3.39. The topological polar surface area (TPSA) is 55.2 Å². The number of fused-ring (bicyclic) bond motifs is 2. The highest BCUT2D eigenvalue weighted by Gasteiger charge is 2.29. The smallest absolute Gasteiger partial charge is 0.153 e. The number of likely N-dealkylation sites (N-methyl/N-ethyl adjacent to an activating group) is 1. The van der Waals surface area contributed by atoms with Crippen molar-refractivity contribution in [3.05, 3.63) is 58.9 Å². The molecule has 7 heteroatoms. The molecule has 0 spiro atoms. The van der Waals surface area contributed by atoms with Crippen LogP contribution in [-0.4, -0.2) is 70.1 Å². The molecule has 5 rings (SSSR count). The maximum Gasteiger partial charge on any atom is 0.153 e. The Morgan fingerprint density at radius 2 is 2.10 bits per heavy atom. The fourth-order valence-electron chi connectivity index (χ4n) is 4.13. The van der Waals surface area contributed by atoms with E-state index in [0.717, 1.165) is 57.5 Å². The van der Waals surface area contributed by atoms with Crippen molar-refractivity contribution in [3.8, 4) is 0 Å². The Bertz CT molecular complexity index is 1080. The van der Waals surface area contributed by atoms with Crippen LogP contribution in [0.3, 0.4) is 0 Å². The van der Waals surface area contributed by atoms with Gasteiger partial charge in [-0.25, -0.2) is 9.98 Å². The number of aryl methyl sites for hydroxylation is 1. The second-order valence-corrected chi connectivity index (χ2v) is 9.23. The molecule has 1 N–H and O–H groups in total. The number of aliphatic hydroxyl groups is 1. The van der Waals surface area contributed by atoms with Gasteiger partial charge in [-0.1, -0.05) is 6.07 Å². The first-order chi connectivity index (χ1) is 14.0. The van der Waals surface area contributed by atoms with E-state index in [2.05, 4.69) is 41.0 Å². The van der Waals surface area contributed by atoms with Gasteiger partial charge in [-0.2, -0.15) is 0 Å². The molecule has 2 unspecified atom stereocenters. The average molecular weight is 408 g/mol. The Morgan fingerprint density at radius 3 is 2.90 bits per heavy atom. The van der Waals surface area contributed by atoms with E-state index in [1.807, 2.05) is 42.3 Å². The zero-order valence-corrected chi connectivity index (χ0v) is 17.7. The number of benzene rings is 1. The minimum atomic E-state index is -0.733. The molecule has 1 saturated heterocycles. The number of likely N-dealkylation sites (tertiary alicyclic amines) is 1. The second-order valence-electron chi connectivity index (χ2n) is 8.00. The predicted molar refractivity (Wildman–Crippen MR) is 119 cm³/mol. The van der Waals surface area contributed by atoms with Crippen molar-refractivity contribution in [3.63, 3.8) is 0 Å². The zero-order chi connectivity index (χ0) is 20.1. The van der Waals surface area contributed by atoms with E-state index in [1.165, 1.54) is 0 Å². The standard InChI is InChI=1S/C22H25N5OS/c1-14-23-18-6-4-15(10-20(18)29-14)19-11-22(28)27-13-17(5-7-21(27)24-19)26-9-8-16(12-26)25(2)3/h4-7,10-11,13,16,22,28H,8-9,12H2,1-3H3. The number of hydrogen-bond acceptors (Lipinski definition) is 7. The summed E-state index contributed by atoms with van der Waals surface area (Å²) in [5.74, 6) is 0.766. The van der Waals surface area contributed by atoms with Crippen molar-refractivity contribution in [2.75, 3.05) is 27.2 Å². The molecule has 6 nitrogen and oxygen atoms in total. The molecule has 0 aliphatic carbocycles. The normalized spacial score (nSPS) is 24.1. The maximum absolute atomic E-state index is 10.8. The number of nitrogens with zero attached hydrogens (tertiary/aromatic N) is 5. The van der Waals surface area contributed by atoms with E-state index < -0.39 is 6.23 Å².